The van der Waals surface area contributed by atoms with E-state index >= 15 is 0 Å². The van der Waals surface area contributed by atoms with Crippen LogP contribution in [0.2, 0.25) is 0 Å². The molecule has 0 amide bonds. The third-order valence-corrected chi connectivity index (χ3v) is 10.0. The fourth-order valence-electron chi connectivity index (χ4n) is 5.48. The van der Waals surface area contributed by atoms with Gasteiger partial charge in [0.25, 0.3) is 0 Å². The number of rotatable bonds is 2. The molecule has 1 aromatic carbocycles. The molecule has 5 heteroatoms. The van der Waals surface area contributed by atoms with Crippen LogP contribution in [0.25, 0.3) is 0 Å². The van der Waals surface area contributed by atoms with E-state index in [0.29, 0.717) is 5.03 Å². The molecule has 0 aliphatic heterocycles. The van der Waals surface area contributed by atoms with Crippen LogP contribution >= 0.6 is 23.2 Å². The van der Waals surface area contributed by atoms with Crippen LogP contribution in [0.5, 0.6) is 0 Å². The van der Waals surface area contributed by atoms with Crippen molar-refractivity contribution in [3.05, 3.63) is 75.7 Å². The Labute approximate surface area is 163 Å². The van der Waals surface area contributed by atoms with Gasteiger partial charge >= 0.3 is 0 Å². The second-order valence-electron chi connectivity index (χ2n) is 8.07. The molecule has 4 aliphatic rings. The molecular formula is C21H18Cl2O2S. The van der Waals surface area contributed by atoms with Gasteiger partial charge in [-0.3, -0.25) is 0 Å². The summed E-state index contributed by atoms with van der Waals surface area (Å²) in [4.78, 5) is 0.0481. The van der Waals surface area contributed by atoms with Crippen LogP contribution in [-0.2, 0) is 9.84 Å². The van der Waals surface area contributed by atoms with Crippen LogP contribution in [0, 0.1) is 16.7 Å². The molecule has 5 rings (SSSR count). The first kappa shape index (κ1) is 16.9. The molecule has 0 N–H and O–H groups in total. The van der Waals surface area contributed by atoms with Gasteiger partial charge in [0.1, 0.15) is 0 Å². The zero-order valence-electron chi connectivity index (χ0n) is 14.5. The number of sulfone groups is 1. The number of benzene rings is 1. The Bertz CT molecular complexity index is 1100. The first-order chi connectivity index (χ1) is 12.1. The Kier molecular flexibility index (Phi) is 2.96. The molecule has 0 spiro atoms. The van der Waals surface area contributed by atoms with E-state index in [-0.39, 0.29) is 26.5 Å². The predicted octanol–water partition coefficient (Wildman–Crippen LogP) is 5.37. The van der Waals surface area contributed by atoms with E-state index < -0.39 is 14.7 Å². The van der Waals surface area contributed by atoms with Crippen LogP contribution in [0.15, 0.2) is 80.6 Å². The van der Waals surface area contributed by atoms with E-state index in [1.807, 2.05) is 0 Å². The minimum absolute atomic E-state index is 0.235. The Morgan fingerprint density at radius 3 is 2.46 bits per heavy atom. The molecule has 1 aromatic rings. The molecule has 4 aliphatic carbocycles. The maximum atomic E-state index is 13.2. The summed E-state index contributed by atoms with van der Waals surface area (Å²) >= 11 is 13.6. The summed E-state index contributed by atoms with van der Waals surface area (Å²) in [5, 5.41) is 0.590. The molecule has 0 aromatic heterocycles. The number of halogens is 2. The highest BCUT2D eigenvalue weighted by Crippen LogP contribution is 2.84. The summed E-state index contributed by atoms with van der Waals surface area (Å²) in [6, 6.07) is 8.48. The second kappa shape index (κ2) is 4.57. The van der Waals surface area contributed by atoms with Crippen LogP contribution < -0.4 is 0 Å². The van der Waals surface area contributed by atoms with Gasteiger partial charge in [-0.15, -0.1) is 11.6 Å². The molecule has 0 heterocycles. The van der Waals surface area contributed by atoms with Crippen LogP contribution in [-0.4, -0.2) is 13.3 Å². The molecule has 0 saturated heterocycles. The lowest BCUT2D eigenvalue weighted by Gasteiger charge is -2.42. The first-order valence-electron chi connectivity index (χ1n) is 8.63. The molecule has 2 fully saturated rings. The minimum Gasteiger partial charge on any atom is -0.219 e. The van der Waals surface area contributed by atoms with Gasteiger partial charge in [0, 0.05) is 15.9 Å². The van der Waals surface area contributed by atoms with Gasteiger partial charge in [0.2, 0.25) is 9.84 Å². The summed E-state index contributed by atoms with van der Waals surface area (Å²) in [5.41, 5.74) is 2.05. The molecule has 2 saturated carbocycles. The number of alkyl halides is 1. The first-order valence-corrected chi connectivity index (χ1v) is 10.9. The quantitative estimate of drug-likeness (QED) is 0.620. The third kappa shape index (κ3) is 1.56. The van der Waals surface area contributed by atoms with Gasteiger partial charge in [-0.25, -0.2) is 8.42 Å². The molecule has 0 bridgehead atoms. The summed E-state index contributed by atoms with van der Waals surface area (Å²) in [5.74, 6) is 0.235. The van der Waals surface area contributed by atoms with E-state index in [1.165, 1.54) is 0 Å². The van der Waals surface area contributed by atoms with Crippen LogP contribution in [0.4, 0.5) is 0 Å². The molecule has 0 radical (unpaired) electrons. The van der Waals surface area contributed by atoms with E-state index in [4.69, 9.17) is 23.2 Å². The van der Waals surface area contributed by atoms with Gasteiger partial charge < -0.3 is 0 Å². The van der Waals surface area contributed by atoms with Gasteiger partial charge in [-0.1, -0.05) is 50.2 Å². The molecule has 134 valence electrons. The topological polar surface area (TPSA) is 34.1 Å². The lowest BCUT2D eigenvalue weighted by molar-refractivity contribution is 0.218. The largest absolute Gasteiger partial charge is 0.219 e. The highest BCUT2D eigenvalue weighted by Gasteiger charge is 2.80. The fraction of sp³-hybridized carbons (Fsp3) is 0.333. The van der Waals surface area contributed by atoms with Gasteiger partial charge in [0.15, 0.2) is 0 Å². The van der Waals surface area contributed by atoms with Crippen molar-refractivity contribution in [3.8, 4) is 0 Å². The van der Waals surface area contributed by atoms with Crippen molar-refractivity contribution in [1.29, 1.82) is 0 Å². The van der Waals surface area contributed by atoms with Crippen molar-refractivity contribution < 1.29 is 8.42 Å². The van der Waals surface area contributed by atoms with Crippen molar-refractivity contribution in [1.82, 2.24) is 0 Å². The number of fused-ring (bicyclic) bond motifs is 3. The standard InChI is InChI=1S/C21H18Cl2O2S/c1-12-18(22)15-9-14(26(24,25)13-7-5-4-6-8-13)10-16-20(15,3)19(12,2)17-11-21(16,17)23/h4-10,17H,1,11H2,2-3H3/t17-,19-,20+,21-/m0/s1. The zero-order chi connectivity index (χ0) is 18.7. The maximum Gasteiger partial charge on any atom is 0.206 e. The Morgan fingerprint density at radius 1 is 1.15 bits per heavy atom. The fourth-order valence-corrected chi connectivity index (χ4v) is 7.87. The Morgan fingerprint density at radius 2 is 1.81 bits per heavy atom. The van der Waals surface area contributed by atoms with E-state index in [0.717, 1.165) is 23.1 Å². The summed E-state index contributed by atoms with van der Waals surface area (Å²) < 4.78 is 26.4. The summed E-state index contributed by atoms with van der Waals surface area (Å²) in [6.07, 6.45) is 4.37. The monoisotopic (exact) mass is 404 g/mol. The van der Waals surface area contributed by atoms with Crippen LogP contribution in [0.3, 0.4) is 0 Å². The molecule has 2 nitrogen and oxygen atoms in total. The SMILES string of the molecule is C=C1C(Cl)=C2C=C(S(=O)(=O)c3ccccc3)C=C3[C@]2(C)[C@]1(C)[C@@H]1C[C@]31Cl. The molecule has 0 unspecified atom stereocenters. The Balaban J connectivity index is 1.79. The molecule has 4 atom stereocenters. The highest BCUT2D eigenvalue weighted by molar-refractivity contribution is 7.95. The van der Waals surface area contributed by atoms with Crippen molar-refractivity contribution in [2.24, 2.45) is 16.7 Å². The summed E-state index contributed by atoms with van der Waals surface area (Å²) in [7, 11) is -3.64. The van der Waals surface area contributed by atoms with Gasteiger partial charge in [-0.2, -0.15) is 0 Å². The normalized spacial score (nSPS) is 40.2. The van der Waals surface area contributed by atoms with E-state index in [1.54, 1.807) is 42.5 Å². The van der Waals surface area contributed by atoms with Crippen molar-refractivity contribution in [2.75, 3.05) is 0 Å². The smallest absolute Gasteiger partial charge is 0.206 e. The zero-order valence-corrected chi connectivity index (χ0v) is 16.8. The maximum absolute atomic E-state index is 13.2. The Hall–Kier alpha value is -1.29. The third-order valence-electron chi connectivity index (χ3n) is 7.22. The number of allylic oxidation sites excluding steroid dienone is 6. The average molecular weight is 405 g/mol. The molecular weight excluding hydrogens is 387 g/mol. The van der Waals surface area contributed by atoms with Crippen LogP contribution in [0.1, 0.15) is 20.3 Å². The summed E-state index contributed by atoms with van der Waals surface area (Å²) in [6.45, 7) is 8.56. The number of hydrogen-bond acceptors (Lipinski definition) is 2. The minimum atomic E-state index is -3.64. The van der Waals surface area contributed by atoms with E-state index in [2.05, 4.69) is 20.4 Å². The average Bonchev–Trinajstić information content (AvgIpc) is 3.25. The van der Waals surface area contributed by atoms with Crippen molar-refractivity contribution >= 4 is 33.0 Å². The van der Waals surface area contributed by atoms with Gasteiger partial charge in [0.05, 0.1) is 14.7 Å². The van der Waals surface area contributed by atoms with Gasteiger partial charge in [-0.05, 0) is 53.3 Å². The van der Waals surface area contributed by atoms with E-state index in [9.17, 15) is 8.42 Å². The molecule has 26 heavy (non-hydrogen) atoms. The second-order valence-corrected chi connectivity index (χ2v) is 11.1. The lowest BCUT2D eigenvalue weighted by atomic mass is 9.60. The highest BCUT2D eigenvalue weighted by atomic mass is 35.5. The van der Waals surface area contributed by atoms with Crippen molar-refractivity contribution in [2.45, 2.75) is 30.0 Å². The number of hydrogen-bond donors (Lipinski definition) is 0. The predicted molar refractivity (Wildman–Crippen MR) is 105 cm³/mol. The lowest BCUT2D eigenvalue weighted by Crippen LogP contribution is -2.36. The van der Waals surface area contributed by atoms with Crippen molar-refractivity contribution in [3.63, 3.8) is 0 Å².